The Labute approximate surface area is 164 Å². The summed E-state index contributed by atoms with van der Waals surface area (Å²) < 4.78 is 5.42. The minimum Gasteiger partial charge on any atom is -0.455 e. The van der Waals surface area contributed by atoms with Crippen LogP contribution in [-0.4, -0.2) is 46.1 Å². The number of aliphatic hydroxyl groups excluding tert-OH is 2. The minimum atomic E-state index is -1.38. The molecule has 0 aromatic heterocycles. The van der Waals surface area contributed by atoms with Crippen LogP contribution in [0.5, 0.6) is 0 Å². The Hall–Kier alpha value is -1.79. The lowest BCUT2D eigenvalue weighted by atomic mass is 9.50. The van der Waals surface area contributed by atoms with Crippen LogP contribution in [0.1, 0.15) is 47.0 Å². The summed E-state index contributed by atoms with van der Waals surface area (Å²) in [4.78, 5) is 38.7. The molecule has 0 bridgehead atoms. The summed E-state index contributed by atoms with van der Waals surface area (Å²) in [6, 6.07) is 0. The third kappa shape index (κ3) is 2.19. The molecule has 0 aromatic carbocycles. The van der Waals surface area contributed by atoms with E-state index >= 15 is 0 Å². The van der Waals surface area contributed by atoms with Crippen molar-refractivity contribution in [1.82, 2.24) is 0 Å². The summed E-state index contributed by atoms with van der Waals surface area (Å²) in [6.45, 7) is 11.1. The Balaban J connectivity index is 1.97. The SMILES string of the molecule is C=C1[C@@H]2[C@H](O)[C@@H](OC(C)=O)C3=C(C(=O)[C@H](O)[C@]4(C[C@H]4C)C3=O)[C@@]2(C)CC[C@@H]1C. The van der Waals surface area contributed by atoms with E-state index in [4.69, 9.17) is 4.74 Å². The number of carbonyl (C=O) groups is 3. The van der Waals surface area contributed by atoms with Crippen LogP contribution in [0.3, 0.4) is 0 Å². The number of hydrogen-bond donors (Lipinski definition) is 2. The van der Waals surface area contributed by atoms with Crippen LogP contribution in [0, 0.1) is 28.6 Å². The van der Waals surface area contributed by atoms with E-state index in [2.05, 4.69) is 6.58 Å². The second-order valence-electron chi connectivity index (χ2n) is 9.46. The van der Waals surface area contributed by atoms with E-state index in [1.54, 1.807) is 0 Å². The third-order valence-electron chi connectivity index (χ3n) is 7.90. The highest BCUT2D eigenvalue weighted by Crippen LogP contribution is 2.65. The number of ketones is 2. The number of carbonyl (C=O) groups excluding carboxylic acids is 3. The predicted octanol–water partition coefficient (Wildman–Crippen LogP) is 1.74. The zero-order valence-corrected chi connectivity index (χ0v) is 16.8. The minimum absolute atomic E-state index is 0.100. The third-order valence-corrected chi connectivity index (χ3v) is 7.90. The average Bonchev–Trinajstić information content (AvgIpc) is 3.29. The lowest BCUT2D eigenvalue weighted by Crippen LogP contribution is -2.61. The molecule has 0 aromatic rings. The number of Topliss-reactive ketones (excluding diaryl/α,β-unsaturated/α-hetero) is 2. The maximum Gasteiger partial charge on any atom is 0.303 e. The van der Waals surface area contributed by atoms with Gasteiger partial charge in [-0.05, 0) is 31.1 Å². The summed E-state index contributed by atoms with van der Waals surface area (Å²) in [5.74, 6) is -1.95. The van der Waals surface area contributed by atoms with Crippen LogP contribution in [0.4, 0.5) is 0 Å². The fraction of sp³-hybridized carbons (Fsp3) is 0.682. The van der Waals surface area contributed by atoms with Crippen LogP contribution < -0.4 is 0 Å². The second kappa shape index (κ2) is 5.86. The molecule has 2 N–H and O–H groups in total. The number of ether oxygens (including phenoxy) is 1. The first-order valence-electron chi connectivity index (χ1n) is 10.0. The van der Waals surface area contributed by atoms with Crippen LogP contribution in [0.15, 0.2) is 23.3 Å². The van der Waals surface area contributed by atoms with Crippen molar-refractivity contribution >= 4 is 17.5 Å². The number of fused-ring (bicyclic) bond motifs is 2. The molecule has 0 radical (unpaired) electrons. The molecule has 4 aliphatic carbocycles. The molecular weight excluding hydrogens is 360 g/mol. The molecule has 1 spiro atoms. The summed E-state index contributed by atoms with van der Waals surface area (Å²) in [5, 5.41) is 22.0. The molecule has 0 heterocycles. The van der Waals surface area contributed by atoms with E-state index in [1.165, 1.54) is 6.92 Å². The zero-order valence-electron chi connectivity index (χ0n) is 16.8. The molecule has 28 heavy (non-hydrogen) atoms. The molecular formula is C22H28O6. The average molecular weight is 388 g/mol. The van der Waals surface area contributed by atoms with Gasteiger partial charge in [0.25, 0.3) is 0 Å². The Bertz CT molecular complexity index is 840. The van der Waals surface area contributed by atoms with Gasteiger partial charge in [0.05, 0.1) is 5.41 Å². The van der Waals surface area contributed by atoms with Crippen molar-refractivity contribution in [1.29, 1.82) is 0 Å². The van der Waals surface area contributed by atoms with Crippen molar-refractivity contribution in [3.63, 3.8) is 0 Å². The molecule has 2 saturated carbocycles. The molecule has 4 aliphatic rings. The summed E-state index contributed by atoms with van der Waals surface area (Å²) >= 11 is 0. The van der Waals surface area contributed by atoms with Crippen LogP contribution in [0.2, 0.25) is 0 Å². The topological polar surface area (TPSA) is 101 Å². The van der Waals surface area contributed by atoms with Gasteiger partial charge in [0.15, 0.2) is 17.7 Å². The van der Waals surface area contributed by atoms with Gasteiger partial charge in [-0.15, -0.1) is 0 Å². The fourth-order valence-corrected chi connectivity index (χ4v) is 6.10. The maximum atomic E-state index is 13.5. The number of aliphatic hydroxyl groups is 2. The van der Waals surface area contributed by atoms with Gasteiger partial charge in [0, 0.05) is 29.4 Å². The van der Waals surface area contributed by atoms with Gasteiger partial charge in [-0.3, -0.25) is 14.4 Å². The number of esters is 1. The predicted molar refractivity (Wildman–Crippen MR) is 100.0 cm³/mol. The molecule has 0 aliphatic heterocycles. The standard InChI is InChI=1S/C22H28O6/c1-9-6-7-21(5)14(11(9)3)16(24)18(28-12(4)23)13-15(21)17(25)20(27)22(19(13)26)8-10(22)2/h9-10,14,16,18,20,24,27H,3,6-8H2,1-2,4-5H3/t9-,10+,14+,16-,18-,20-,21-,22-/m0/s1. The zero-order chi connectivity index (χ0) is 20.8. The van der Waals surface area contributed by atoms with Gasteiger partial charge in [-0.1, -0.05) is 32.9 Å². The summed E-state index contributed by atoms with van der Waals surface area (Å²) in [5.41, 5.74) is -0.828. The summed E-state index contributed by atoms with van der Waals surface area (Å²) in [6.07, 6.45) is -1.96. The van der Waals surface area contributed by atoms with Crippen molar-refractivity contribution in [3.05, 3.63) is 23.3 Å². The van der Waals surface area contributed by atoms with Gasteiger partial charge in [0.2, 0.25) is 0 Å². The summed E-state index contributed by atoms with van der Waals surface area (Å²) in [7, 11) is 0. The molecule has 152 valence electrons. The number of rotatable bonds is 1. The molecule has 4 rings (SSSR count). The van der Waals surface area contributed by atoms with Gasteiger partial charge in [0.1, 0.15) is 12.2 Å². The van der Waals surface area contributed by atoms with Gasteiger partial charge in [-0.2, -0.15) is 0 Å². The quantitative estimate of drug-likeness (QED) is 0.524. The van der Waals surface area contributed by atoms with Crippen molar-refractivity contribution in [2.75, 3.05) is 0 Å². The smallest absolute Gasteiger partial charge is 0.303 e. The fourth-order valence-electron chi connectivity index (χ4n) is 6.10. The van der Waals surface area contributed by atoms with E-state index in [1.807, 2.05) is 20.8 Å². The van der Waals surface area contributed by atoms with E-state index in [0.29, 0.717) is 12.8 Å². The van der Waals surface area contributed by atoms with Crippen molar-refractivity contribution in [3.8, 4) is 0 Å². The largest absolute Gasteiger partial charge is 0.455 e. The lowest BCUT2D eigenvalue weighted by Gasteiger charge is -2.55. The van der Waals surface area contributed by atoms with Gasteiger partial charge in [-0.25, -0.2) is 0 Å². The highest BCUT2D eigenvalue weighted by atomic mass is 16.6. The molecule has 6 nitrogen and oxygen atoms in total. The first-order chi connectivity index (χ1) is 13.0. The normalized spacial score (nSPS) is 47.7. The second-order valence-corrected chi connectivity index (χ2v) is 9.46. The van der Waals surface area contributed by atoms with E-state index in [9.17, 15) is 24.6 Å². The van der Waals surface area contributed by atoms with Crippen LogP contribution in [0.25, 0.3) is 0 Å². The monoisotopic (exact) mass is 388 g/mol. The van der Waals surface area contributed by atoms with E-state index in [0.717, 1.165) is 12.0 Å². The molecule has 2 fully saturated rings. The van der Waals surface area contributed by atoms with Gasteiger partial charge >= 0.3 is 5.97 Å². The Morgan fingerprint density at radius 2 is 1.86 bits per heavy atom. The van der Waals surface area contributed by atoms with Crippen LogP contribution in [-0.2, 0) is 19.1 Å². The number of hydrogen-bond acceptors (Lipinski definition) is 6. The molecule has 0 saturated heterocycles. The molecule has 0 amide bonds. The van der Waals surface area contributed by atoms with Crippen LogP contribution >= 0.6 is 0 Å². The van der Waals surface area contributed by atoms with E-state index < -0.39 is 46.8 Å². The molecule has 6 heteroatoms. The maximum absolute atomic E-state index is 13.5. The lowest BCUT2D eigenvalue weighted by molar-refractivity contribution is -0.160. The van der Waals surface area contributed by atoms with Crippen molar-refractivity contribution in [2.45, 2.75) is 65.3 Å². The highest BCUT2D eigenvalue weighted by molar-refractivity contribution is 6.19. The first kappa shape index (κ1) is 19.5. The van der Waals surface area contributed by atoms with Crippen molar-refractivity contribution in [2.24, 2.45) is 28.6 Å². The Kier molecular flexibility index (Phi) is 4.09. The highest BCUT2D eigenvalue weighted by Gasteiger charge is 2.71. The first-order valence-corrected chi connectivity index (χ1v) is 10.0. The molecule has 8 atom stereocenters. The van der Waals surface area contributed by atoms with Crippen molar-refractivity contribution < 1.29 is 29.3 Å². The Morgan fingerprint density at radius 1 is 1.25 bits per heavy atom. The van der Waals surface area contributed by atoms with Gasteiger partial charge < -0.3 is 14.9 Å². The molecule has 0 unspecified atom stereocenters. The Morgan fingerprint density at radius 3 is 2.39 bits per heavy atom. The van der Waals surface area contributed by atoms with E-state index in [-0.39, 0.29) is 28.8 Å².